The number of nitrogens with one attached hydrogen (secondary N) is 1. The topological polar surface area (TPSA) is 90.5 Å². The third-order valence-electron chi connectivity index (χ3n) is 4.00. The number of rotatable bonds is 5. The molecule has 0 aliphatic rings. The zero-order chi connectivity index (χ0) is 17.9. The highest BCUT2D eigenvalue weighted by molar-refractivity contribution is 5.94. The van der Waals surface area contributed by atoms with Gasteiger partial charge in [0.15, 0.2) is 0 Å². The highest BCUT2D eigenvalue weighted by Gasteiger charge is 2.27. The van der Waals surface area contributed by atoms with Crippen molar-refractivity contribution < 1.29 is 4.79 Å². The molecular formula is C17H21N7O. The molecule has 0 aromatic carbocycles. The van der Waals surface area contributed by atoms with Gasteiger partial charge in [-0.3, -0.25) is 9.36 Å². The Morgan fingerprint density at radius 1 is 1.20 bits per heavy atom. The minimum Gasteiger partial charge on any atom is -0.347 e. The van der Waals surface area contributed by atoms with Crippen molar-refractivity contribution in [1.82, 2.24) is 34.6 Å². The van der Waals surface area contributed by atoms with E-state index in [-0.39, 0.29) is 17.4 Å². The van der Waals surface area contributed by atoms with Gasteiger partial charge in [0.25, 0.3) is 5.91 Å². The van der Waals surface area contributed by atoms with Gasteiger partial charge < -0.3 is 9.88 Å². The fourth-order valence-electron chi connectivity index (χ4n) is 2.38. The summed E-state index contributed by atoms with van der Waals surface area (Å²) in [5.41, 5.74) is 0.409. The lowest BCUT2D eigenvalue weighted by atomic mass is 9.86. The van der Waals surface area contributed by atoms with Crippen LogP contribution in [0, 0.1) is 5.41 Å². The molecular weight excluding hydrogens is 318 g/mol. The molecule has 0 radical (unpaired) electrons. The molecule has 0 saturated carbocycles. The van der Waals surface area contributed by atoms with Crippen molar-refractivity contribution in [3.63, 3.8) is 0 Å². The fourth-order valence-corrected chi connectivity index (χ4v) is 2.38. The van der Waals surface area contributed by atoms with Crippen molar-refractivity contribution in [1.29, 1.82) is 0 Å². The number of amides is 1. The van der Waals surface area contributed by atoms with Crippen LogP contribution in [-0.4, -0.2) is 41.2 Å². The average molecular weight is 339 g/mol. The molecule has 8 nitrogen and oxygen atoms in total. The number of pyridine rings is 1. The first-order valence-electron chi connectivity index (χ1n) is 8.01. The van der Waals surface area contributed by atoms with E-state index in [9.17, 15) is 4.79 Å². The van der Waals surface area contributed by atoms with Crippen LogP contribution < -0.4 is 5.32 Å². The van der Waals surface area contributed by atoms with Crippen molar-refractivity contribution in [2.75, 3.05) is 0 Å². The van der Waals surface area contributed by atoms with Crippen LogP contribution in [0.4, 0.5) is 0 Å². The van der Waals surface area contributed by atoms with E-state index < -0.39 is 0 Å². The average Bonchev–Trinajstić information content (AvgIpc) is 3.27. The largest absolute Gasteiger partial charge is 0.347 e. The lowest BCUT2D eigenvalue weighted by Crippen LogP contribution is -2.46. The van der Waals surface area contributed by atoms with Crippen LogP contribution in [0.3, 0.4) is 0 Å². The van der Waals surface area contributed by atoms with Crippen LogP contribution >= 0.6 is 0 Å². The summed E-state index contributed by atoms with van der Waals surface area (Å²) in [6.07, 6.45) is 10.0. The zero-order valence-electron chi connectivity index (χ0n) is 14.5. The van der Waals surface area contributed by atoms with E-state index in [1.54, 1.807) is 48.1 Å². The number of hydrogen-bond acceptors (Lipinski definition) is 5. The molecule has 3 heterocycles. The van der Waals surface area contributed by atoms with Crippen molar-refractivity contribution in [3.05, 3.63) is 55.3 Å². The Kier molecular flexibility index (Phi) is 4.60. The van der Waals surface area contributed by atoms with Crippen LogP contribution in [0.15, 0.2) is 49.7 Å². The number of aromatic nitrogens is 6. The van der Waals surface area contributed by atoms with Gasteiger partial charge >= 0.3 is 0 Å². The maximum atomic E-state index is 12.6. The van der Waals surface area contributed by atoms with Crippen molar-refractivity contribution >= 4 is 5.91 Å². The summed E-state index contributed by atoms with van der Waals surface area (Å²) in [5, 5.41) is 10.6. The van der Waals surface area contributed by atoms with Gasteiger partial charge in [0, 0.05) is 25.1 Å². The molecule has 25 heavy (non-hydrogen) atoms. The lowest BCUT2D eigenvalue weighted by molar-refractivity contribution is 0.0892. The van der Waals surface area contributed by atoms with Gasteiger partial charge in [0.1, 0.15) is 18.5 Å². The Bertz CT molecular complexity index is 802. The van der Waals surface area contributed by atoms with E-state index in [1.807, 2.05) is 10.8 Å². The second kappa shape index (κ2) is 6.84. The predicted octanol–water partition coefficient (Wildman–Crippen LogP) is 1.70. The quantitative estimate of drug-likeness (QED) is 0.764. The van der Waals surface area contributed by atoms with E-state index in [0.717, 1.165) is 0 Å². The first kappa shape index (κ1) is 16.8. The molecule has 3 rings (SSSR count). The summed E-state index contributed by atoms with van der Waals surface area (Å²) in [6.45, 7) is 6.95. The van der Waals surface area contributed by atoms with Crippen molar-refractivity contribution in [3.8, 4) is 5.82 Å². The number of imidazole rings is 1. The third-order valence-corrected chi connectivity index (χ3v) is 4.00. The smallest absolute Gasteiger partial charge is 0.253 e. The Balaban J connectivity index is 1.72. The molecule has 0 unspecified atom stereocenters. The predicted molar refractivity (Wildman–Crippen MR) is 92.1 cm³/mol. The molecule has 130 valence electrons. The van der Waals surface area contributed by atoms with Gasteiger partial charge in [-0.1, -0.05) is 20.8 Å². The molecule has 0 spiro atoms. The van der Waals surface area contributed by atoms with Gasteiger partial charge in [0.05, 0.1) is 17.9 Å². The Morgan fingerprint density at radius 2 is 1.96 bits per heavy atom. The van der Waals surface area contributed by atoms with Gasteiger partial charge in [0.2, 0.25) is 0 Å². The van der Waals surface area contributed by atoms with E-state index >= 15 is 0 Å². The number of carbonyl (C=O) groups is 1. The third kappa shape index (κ3) is 4.09. The molecule has 0 saturated heterocycles. The monoisotopic (exact) mass is 339 g/mol. The maximum Gasteiger partial charge on any atom is 0.253 e. The first-order valence-corrected chi connectivity index (χ1v) is 8.01. The van der Waals surface area contributed by atoms with Crippen LogP contribution in [0.1, 0.15) is 31.1 Å². The van der Waals surface area contributed by atoms with Gasteiger partial charge in [-0.05, 0) is 17.5 Å². The Morgan fingerprint density at radius 3 is 2.52 bits per heavy atom. The highest BCUT2D eigenvalue weighted by atomic mass is 16.1. The maximum absolute atomic E-state index is 12.6. The summed E-state index contributed by atoms with van der Waals surface area (Å²) in [4.78, 5) is 21.0. The Hall–Kier alpha value is -3.03. The number of carbonyl (C=O) groups excluding carboxylic acids is 1. The molecule has 8 heteroatoms. The molecule has 0 aliphatic heterocycles. The summed E-state index contributed by atoms with van der Waals surface area (Å²) in [5.74, 6) is 0.509. The van der Waals surface area contributed by atoms with Gasteiger partial charge in [-0.25, -0.2) is 9.97 Å². The van der Waals surface area contributed by atoms with Gasteiger partial charge in [-0.2, -0.15) is 0 Å². The van der Waals surface area contributed by atoms with E-state index in [0.29, 0.717) is 17.9 Å². The molecule has 3 aromatic heterocycles. The summed E-state index contributed by atoms with van der Waals surface area (Å²) >= 11 is 0. The molecule has 0 fully saturated rings. The second-order valence-electron chi connectivity index (χ2n) is 6.93. The zero-order valence-corrected chi connectivity index (χ0v) is 14.5. The normalized spacial score (nSPS) is 12.8. The summed E-state index contributed by atoms with van der Waals surface area (Å²) in [7, 11) is 0. The summed E-state index contributed by atoms with van der Waals surface area (Å²) in [6, 6.07) is 3.46. The minimum absolute atomic E-state index is 0.0493. The fraction of sp³-hybridized carbons (Fsp3) is 0.353. The molecule has 3 aromatic rings. The number of hydrogen-bond donors (Lipinski definition) is 1. The van der Waals surface area contributed by atoms with Crippen LogP contribution in [0.2, 0.25) is 0 Å². The van der Waals surface area contributed by atoms with Crippen LogP contribution in [0.25, 0.3) is 5.82 Å². The number of nitrogens with zero attached hydrogens (tertiary/aromatic N) is 6. The van der Waals surface area contributed by atoms with E-state index in [2.05, 4.69) is 46.3 Å². The summed E-state index contributed by atoms with van der Waals surface area (Å²) < 4.78 is 3.64. The molecule has 0 aliphatic carbocycles. The standard InChI is InChI=1S/C17H21N7O/c1-17(2,3)14(9-23-7-6-18-10-23)22-16(25)13-4-5-15(19-8-13)24-11-20-21-12-24/h4-8,10-12,14H,9H2,1-3H3,(H,22,25)/t14-/m0/s1. The highest BCUT2D eigenvalue weighted by Crippen LogP contribution is 2.21. The molecule has 1 N–H and O–H groups in total. The minimum atomic E-state index is -0.150. The molecule has 1 amide bonds. The Labute approximate surface area is 145 Å². The van der Waals surface area contributed by atoms with Crippen molar-refractivity contribution in [2.24, 2.45) is 5.41 Å². The van der Waals surface area contributed by atoms with Gasteiger partial charge in [-0.15, -0.1) is 10.2 Å². The SMILES string of the molecule is CC(C)(C)[C@H](Cn1ccnc1)NC(=O)c1ccc(-n2cnnc2)nc1. The molecule has 1 atom stereocenters. The first-order chi connectivity index (χ1) is 11.9. The molecule has 0 bridgehead atoms. The van der Waals surface area contributed by atoms with Crippen molar-refractivity contribution in [2.45, 2.75) is 33.4 Å². The second-order valence-corrected chi connectivity index (χ2v) is 6.93. The van der Waals surface area contributed by atoms with Crippen LogP contribution in [-0.2, 0) is 6.54 Å². The van der Waals surface area contributed by atoms with E-state index in [1.165, 1.54) is 0 Å². The van der Waals surface area contributed by atoms with Crippen LogP contribution in [0.5, 0.6) is 0 Å². The lowest BCUT2D eigenvalue weighted by Gasteiger charge is -2.31. The van der Waals surface area contributed by atoms with E-state index in [4.69, 9.17) is 0 Å².